The molecule has 0 aliphatic heterocycles. The highest BCUT2D eigenvalue weighted by atomic mass is 15.0. The summed E-state index contributed by atoms with van der Waals surface area (Å²) in [6.07, 6.45) is 0. The van der Waals surface area contributed by atoms with Gasteiger partial charge in [0.1, 0.15) is 11.4 Å². The first-order valence-electron chi connectivity index (χ1n) is 13.1. The van der Waals surface area contributed by atoms with Gasteiger partial charge < -0.3 is 9.88 Å². The van der Waals surface area contributed by atoms with Gasteiger partial charge >= 0.3 is 0 Å². The third-order valence-electron chi connectivity index (χ3n) is 7.15. The maximum atomic E-state index is 4.58. The highest BCUT2D eigenvalue weighted by Gasteiger charge is 2.23. The van der Waals surface area contributed by atoms with Crippen molar-refractivity contribution in [3.8, 4) is 11.3 Å². The number of para-hydroxylation sites is 1. The van der Waals surface area contributed by atoms with E-state index in [1.807, 2.05) is 0 Å². The van der Waals surface area contributed by atoms with Crippen LogP contribution in [0.5, 0.6) is 0 Å². The lowest BCUT2D eigenvalue weighted by molar-refractivity contribution is -0.610. The van der Waals surface area contributed by atoms with Crippen LogP contribution in [0.2, 0.25) is 0 Å². The Balaban J connectivity index is 1.92. The summed E-state index contributed by atoms with van der Waals surface area (Å²) in [5.74, 6) is 0.831. The first-order valence-corrected chi connectivity index (χ1v) is 13.1. The molecule has 0 bridgehead atoms. The summed E-state index contributed by atoms with van der Waals surface area (Å²) < 4.78 is 2.13. The summed E-state index contributed by atoms with van der Waals surface area (Å²) in [5.41, 5.74) is 12.5. The van der Waals surface area contributed by atoms with Gasteiger partial charge in [0.25, 0.3) is 0 Å². The van der Waals surface area contributed by atoms with E-state index in [9.17, 15) is 0 Å². The van der Waals surface area contributed by atoms with Crippen LogP contribution in [-0.2, 0) is 0 Å². The van der Waals surface area contributed by atoms with Crippen molar-refractivity contribution < 1.29 is 4.57 Å². The Morgan fingerprint density at radius 1 is 0.694 bits per heavy atom. The van der Waals surface area contributed by atoms with E-state index >= 15 is 0 Å². The number of anilines is 1. The Hall–Kier alpha value is -3.52. The number of aromatic nitrogens is 1. The van der Waals surface area contributed by atoms with E-state index in [0.717, 1.165) is 11.4 Å². The lowest BCUT2D eigenvalue weighted by Crippen LogP contribution is -2.38. The third kappa shape index (κ3) is 5.04. The average Bonchev–Trinajstić information content (AvgIpc) is 2.83. The molecule has 4 rings (SSSR count). The summed E-state index contributed by atoms with van der Waals surface area (Å²) in [5, 5.41) is 4.01. The van der Waals surface area contributed by atoms with Gasteiger partial charge in [0.15, 0.2) is 0 Å². The fraction of sp³-hybridized carbons (Fsp3) is 0.294. The predicted molar refractivity (Wildman–Crippen MR) is 154 cm³/mol. The molecule has 0 fully saturated rings. The van der Waals surface area contributed by atoms with Crippen LogP contribution in [0.25, 0.3) is 11.3 Å². The maximum Gasteiger partial charge on any atom is 0.112 e. The van der Waals surface area contributed by atoms with E-state index < -0.39 is 0 Å². The normalized spacial score (nSPS) is 12.2. The van der Waals surface area contributed by atoms with Crippen LogP contribution in [0, 0.1) is 27.8 Å². The SMILES string of the molecule is [CH2-][n+]1c(-c2c(C)cc(C)cc2C)cccc1C(Nc1c(C(C)C)cccc1C(C)C)c1ccccc1. The Bertz CT molecular complexity index is 1300. The number of nitrogens with one attached hydrogen (secondary N) is 1. The fourth-order valence-corrected chi connectivity index (χ4v) is 5.45. The van der Waals surface area contributed by atoms with Crippen molar-refractivity contribution in [2.75, 3.05) is 5.32 Å². The summed E-state index contributed by atoms with van der Waals surface area (Å²) in [7, 11) is 4.58. The van der Waals surface area contributed by atoms with E-state index in [1.54, 1.807) is 0 Å². The molecule has 36 heavy (non-hydrogen) atoms. The van der Waals surface area contributed by atoms with Gasteiger partial charge in [-0.1, -0.05) is 106 Å². The minimum atomic E-state index is -0.0490. The zero-order valence-corrected chi connectivity index (χ0v) is 22.9. The number of hydrogen-bond donors (Lipinski definition) is 1. The standard InChI is InChI=1S/C34H40N2/c1-22(2)28-16-12-17-29(23(3)4)34(28)35-33(27-14-10-9-11-15-27)31-19-13-18-30(36(31)8)32-25(6)20-24(5)21-26(32)7/h9-23,33,35H,8H2,1-7H3. The number of rotatable bonds is 7. The van der Waals surface area contributed by atoms with Gasteiger partial charge in [-0.05, 0) is 72.1 Å². The molecule has 1 unspecified atom stereocenters. The number of hydrogen-bond acceptors (Lipinski definition) is 1. The molecule has 4 aromatic rings. The van der Waals surface area contributed by atoms with Crippen molar-refractivity contribution in [3.63, 3.8) is 0 Å². The lowest BCUT2D eigenvalue weighted by atomic mass is 9.91. The molecule has 2 heteroatoms. The molecule has 0 aliphatic rings. The van der Waals surface area contributed by atoms with Crippen molar-refractivity contribution in [1.82, 2.24) is 0 Å². The second-order valence-electron chi connectivity index (χ2n) is 10.6. The molecule has 0 saturated carbocycles. The molecule has 1 atom stereocenters. The molecule has 2 nitrogen and oxygen atoms in total. The monoisotopic (exact) mass is 476 g/mol. The maximum absolute atomic E-state index is 4.58. The molecular formula is C34H40N2. The van der Waals surface area contributed by atoms with Crippen LogP contribution in [0.1, 0.15) is 84.6 Å². The van der Waals surface area contributed by atoms with Gasteiger partial charge in [0.05, 0.1) is 6.04 Å². The Labute approximate surface area is 218 Å². The zero-order chi connectivity index (χ0) is 26.0. The largest absolute Gasteiger partial charge is 0.379 e. The third-order valence-corrected chi connectivity index (χ3v) is 7.15. The van der Waals surface area contributed by atoms with E-state index in [1.165, 1.54) is 44.6 Å². The molecule has 0 amide bonds. The Kier molecular flexibility index (Phi) is 7.54. The topological polar surface area (TPSA) is 15.9 Å². The average molecular weight is 477 g/mol. The molecule has 1 N–H and O–H groups in total. The molecule has 0 radical (unpaired) electrons. The van der Waals surface area contributed by atoms with Crippen molar-refractivity contribution in [1.29, 1.82) is 0 Å². The highest BCUT2D eigenvalue weighted by Crippen LogP contribution is 2.37. The van der Waals surface area contributed by atoms with E-state index in [-0.39, 0.29) is 6.04 Å². The van der Waals surface area contributed by atoms with Crippen LogP contribution in [-0.4, -0.2) is 0 Å². The van der Waals surface area contributed by atoms with Gasteiger partial charge in [0.2, 0.25) is 0 Å². The number of pyridine rings is 1. The highest BCUT2D eigenvalue weighted by molar-refractivity contribution is 5.67. The quantitative estimate of drug-likeness (QED) is 0.208. The van der Waals surface area contributed by atoms with E-state index in [4.69, 9.17) is 0 Å². The first-order chi connectivity index (χ1) is 17.2. The van der Waals surface area contributed by atoms with Crippen LogP contribution < -0.4 is 9.88 Å². The molecule has 0 aliphatic carbocycles. The fourth-order valence-electron chi connectivity index (χ4n) is 5.45. The molecule has 0 spiro atoms. The second kappa shape index (κ2) is 10.6. The van der Waals surface area contributed by atoms with Gasteiger partial charge in [-0.15, -0.1) is 0 Å². The van der Waals surface area contributed by atoms with Crippen LogP contribution in [0.4, 0.5) is 5.69 Å². The molecule has 186 valence electrons. The summed E-state index contributed by atoms with van der Waals surface area (Å²) >= 11 is 0. The predicted octanol–water partition coefficient (Wildman–Crippen LogP) is 8.65. The summed E-state index contributed by atoms with van der Waals surface area (Å²) in [6.45, 7) is 15.6. The lowest BCUT2D eigenvalue weighted by Gasteiger charge is -2.29. The smallest absolute Gasteiger partial charge is 0.112 e. The van der Waals surface area contributed by atoms with Gasteiger partial charge in [-0.2, -0.15) is 0 Å². The minimum absolute atomic E-state index is 0.0490. The van der Waals surface area contributed by atoms with Gasteiger partial charge in [0, 0.05) is 12.7 Å². The van der Waals surface area contributed by atoms with Crippen molar-refractivity contribution in [2.24, 2.45) is 0 Å². The molecule has 0 saturated heterocycles. The molecular weight excluding hydrogens is 436 g/mol. The number of benzene rings is 3. The Morgan fingerprint density at radius 3 is 1.81 bits per heavy atom. The summed E-state index contributed by atoms with van der Waals surface area (Å²) in [4.78, 5) is 0. The number of aryl methyl sites for hydroxylation is 3. The minimum Gasteiger partial charge on any atom is -0.379 e. The van der Waals surface area contributed by atoms with Crippen LogP contribution in [0.3, 0.4) is 0 Å². The van der Waals surface area contributed by atoms with Gasteiger partial charge in [-0.25, -0.2) is 0 Å². The van der Waals surface area contributed by atoms with Crippen molar-refractivity contribution in [3.05, 3.63) is 125 Å². The number of nitrogens with zero attached hydrogens (tertiary/aromatic N) is 1. The van der Waals surface area contributed by atoms with E-state index in [0.29, 0.717) is 11.8 Å². The Morgan fingerprint density at radius 2 is 1.25 bits per heavy atom. The molecule has 1 aromatic heterocycles. The molecule has 3 aromatic carbocycles. The summed E-state index contributed by atoms with van der Waals surface area (Å²) in [6, 6.07) is 28.5. The van der Waals surface area contributed by atoms with Crippen molar-refractivity contribution >= 4 is 5.69 Å². The van der Waals surface area contributed by atoms with Crippen LogP contribution >= 0.6 is 0 Å². The second-order valence-corrected chi connectivity index (χ2v) is 10.6. The van der Waals surface area contributed by atoms with Gasteiger partial charge in [-0.3, -0.25) is 0 Å². The van der Waals surface area contributed by atoms with Crippen molar-refractivity contribution in [2.45, 2.75) is 66.3 Å². The zero-order valence-electron chi connectivity index (χ0n) is 22.9. The van der Waals surface area contributed by atoms with E-state index in [2.05, 4.69) is 144 Å². The first kappa shape index (κ1) is 25.6. The molecule has 1 heterocycles. The van der Waals surface area contributed by atoms with Crippen LogP contribution in [0.15, 0.2) is 78.9 Å².